The molecular weight excluding hydrogens is 205 g/mol. The van der Waals surface area contributed by atoms with Gasteiger partial charge in [0.25, 0.3) is 5.70 Å². The SMILES string of the molecule is C=C/C(=C(/F)C(=C)[N+](=O)[O-])C1OCCO1. The summed E-state index contributed by atoms with van der Waals surface area (Å²) in [4.78, 5) is 9.38. The minimum atomic E-state index is -1.07. The van der Waals surface area contributed by atoms with Gasteiger partial charge >= 0.3 is 0 Å². The third-order valence-corrected chi connectivity index (χ3v) is 1.82. The number of nitrogens with zero attached hydrogens (tertiary/aromatic N) is 1. The predicted molar refractivity (Wildman–Crippen MR) is 50.2 cm³/mol. The molecule has 5 nitrogen and oxygen atoms in total. The van der Waals surface area contributed by atoms with Gasteiger partial charge in [0.15, 0.2) is 6.29 Å². The summed E-state index contributed by atoms with van der Waals surface area (Å²) in [5.74, 6) is -1.07. The van der Waals surface area contributed by atoms with E-state index in [-0.39, 0.29) is 5.57 Å². The molecule has 0 atom stereocenters. The van der Waals surface area contributed by atoms with Crippen LogP contribution < -0.4 is 0 Å². The van der Waals surface area contributed by atoms with E-state index in [9.17, 15) is 14.5 Å². The lowest BCUT2D eigenvalue weighted by atomic mass is 10.2. The highest BCUT2D eigenvalue weighted by atomic mass is 19.1. The Balaban J connectivity index is 2.95. The monoisotopic (exact) mass is 215 g/mol. The van der Waals surface area contributed by atoms with Gasteiger partial charge in [0.05, 0.1) is 18.1 Å². The average molecular weight is 215 g/mol. The van der Waals surface area contributed by atoms with Gasteiger partial charge in [0, 0.05) is 5.57 Å². The van der Waals surface area contributed by atoms with E-state index in [2.05, 4.69) is 13.2 Å². The minimum absolute atomic E-state index is 0.103. The van der Waals surface area contributed by atoms with Crippen LogP contribution in [0.15, 0.2) is 36.3 Å². The molecule has 1 aliphatic heterocycles. The van der Waals surface area contributed by atoms with Crippen molar-refractivity contribution < 1.29 is 18.8 Å². The molecule has 0 bridgehead atoms. The second-order valence-electron chi connectivity index (χ2n) is 2.75. The molecule has 0 aliphatic carbocycles. The molecule has 0 unspecified atom stereocenters. The quantitative estimate of drug-likeness (QED) is 0.405. The molecule has 82 valence electrons. The Morgan fingerprint density at radius 1 is 1.53 bits per heavy atom. The van der Waals surface area contributed by atoms with Crippen LogP contribution in [0.3, 0.4) is 0 Å². The molecule has 0 spiro atoms. The summed E-state index contributed by atoms with van der Waals surface area (Å²) >= 11 is 0. The summed E-state index contributed by atoms with van der Waals surface area (Å²) in [6.07, 6.45) is 0.194. The van der Waals surface area contributed by atoms with Crippen LogP contribution in [-0.2, 0) is 9.47 Å². The topological polar surface area (TPSA) is 61.6 Å². The lowest BCUT2D eigenvalue weighted by Crippen LogP contribution is -2.13. The summed E-state index contributed by atoms with van der Waals surface area (Å²) in [5.41, 5.74) is -0.932. The Hall–Kier alpha value is -1.53. The van der Waals surface area contributed by atoms with Crippen LogP contribution in [0.25, 0.3) is 0 Å². The first kappa shape index (κ1) is 11.5. The zero-order chi connectivity index (χ0) is 11.4. The van der Waals surface area contributed by atoms with E-state index in [1.807, 2.05) is 0 Å². The van der Waals surface area contributed by atoms with Crippen LogP contribution in [0.2, 0.25) is 0 Å². The number of rotatable bonds is 4. The molecular formula is C9H10FNO4. The van der Waals surface area contributed by atoms with Gasteiger partial charge in [0.2, 0.25) is 5.83 Å². The molecule has 1 aliphatic rings. The maximum Gasteiger partial charge on any atom is 0.298 e. The summed E-state index contributed by atoms with van der Waals surface area (Å²) in [6.45, 7) is 6.99. The molecule has 0 aromatic heterocycles. The second-order valence-corrected chi connectivity index (χ2v) is 2.75. The summed E-state index contributed by atoms with van der Waals surface area (Å²) in [7, 11) is 0. The van der Waals surface area contributed by atoms with E-state index >= 15 is 0 Å². The van der Waals surface area contributed by atoms with Gasteiger partial charge in [-0.2, -0.15) is 4.39 Å². The van der Waals surface area contributed by atoms with E-state index in [1.165, 1.54) is 0 Å². The molecule has 0 amide bonds. The van der Waals surface area contributed by atoms with Crippen molar-refractivity contribution in [3.63, 3.8) is 0 Å². The largest absolute Gasteiger partial charge is 0.346 e. The maximum absolute atomic E-state index is 13.5. The van der Waals surface area contributed by atoms with Crippen LogP contribution in [-0.4, -0.2) is 24.4 Å². The molecule has 15 heavy (non-hydrogen) atoms. The lowest BCUT2D eigenvalue weighted by molar-refractivity contribution is -0.422. The van der Waals surface area contributed by atoms with Crippen LogP contribution in [0.4, 0.5) is 4.39 Å². The van der Waals surface area contributed by atoms with Crippen molar-refractivity contribution >= 4 is 0 Å². The molecule has 0 aromatic rings. The van der Waals surface area contributed by atoms with Crippen molar-refractivity contribution in [1.82, 2.24) is 0 Å². The first-order valence-electron chi connectivity index (χ1n) is 4.17. The molecule has 0 radical (unpaired) electrons. The lowest BCUT2D eigenvalue weighted by Gasteiger charge is -2.10. The fourth-order valence-corrected chi connectivity index (χ4v) is 1.07. The van der Waals surface area contributed by atoms with Gasteiger partial charge in [-0.1, -0.05) is 12.7 Å². The zero-order valence-corrected chi connectivity index (χ0v) is 7.94. The third kappa shape index (κ3) is 2.48. The highest BCUT2D eigenvalue weighted by Crippen LogP contribution is 2.23. The molecule has 1 fully saturated rings. The zero-order valence-electron chi connectivity index (χ0n) is 7.94. The number of hydrogen-bond donors (Lipinski definition) is 0. The normalized spacial score (nSPS) is 18.5. The highest BCUT2D eigenvalue weighted by molar-refractivity contribution is 5.31. The van der Waals surface area contributed by atoms with E-state index in [0.29, 0.717) is 13.2 Å². The van der Waals surface area contributed by atoms with Gasteiger partial charge in [-0.3, -0.25) is 10.1 Å². The standard InChI is InChI=1S/C9H10FNO4/c1-3-7(9-14-4-5-15-9)8(10)6(2)11(12)13/h3,9H,1-2,4-5H2/b8-7-. The molecule has 0 aromatic carbocycles. The molecule has 6 heteroatoms. The Bertz CT molecular complexity index is 331. The molecule has 1 heterocycles. The van der Waals surface area contributed by atoms with Crippen LogP contribution in [0.5, 0.6) is 0 Å². The Labute approximate surface area is 85.6 Å². The number of hydrogen-bond acceptors (Lipinski definition) is 4. The Morgan fingerprint density at radius 3 is 2.47 bits per heavy atom. The third-order valence-electron chi connectivity index (χ3n) is 1.82. The Morgan fingerprint density at radius 2 is 2.07 bits per heavy atom. The second kappa shape index (κ2) is 4.81. The number of allylic oxidation sites excluding steroid dienone is 1. The summed E-state index contributed by atoms with van der Waals surface area (Å²) in [5, 5.41) is 10.3. The van der Waals surface area contributed by atoms with Crippen molar-refractivity contribution in [3.8, 4) is 0 Å². The molecule has 0 N–H and O–H groups in total. The van der Waals surface area contributed by atoms with Crippen molar-refractivity contribution in [2.45, 2.75) is 6.29 Å². The van der Waals surface area contributed by atoms with Gasteiger partial charge in [0.1, 0.15) is 0 Å². The van der Waals surface area contributed by atoms with Gasteiger partial charge in [-0.15, -0.1) is 0 Å². The summed E-state index contributed by atoms with van der Waals surface area (Å²) < 4.78 is 23.5. The van der Waals surface area contributed by atoms with E-state index in [4.69, 9.17) is 9.47 Å². The maximum atomic E-state index is 13.5. The van der Waals surface area contributed by atoms with E-state index in [1.54, 1.807) is 0 Å². The first-order chi connectivity index (χ1) is 7.07. The highest BCUT2D eigenvalue weighted by Gasteiger charge is 2.27. The van der Waals surface area contributed by atoms with E-state index in [0.717, 1.165) is 6.08 Å². The minimum Gasteiger partial charge on any atom is -0.346 e. The van der Waals surface area contributed by atoms with Crippen LogP contribution in [0, 0.1) is 10.1 Å². The van der Waals surface area contributed by atoms with Crippen molar-refractivity contribution in [1.29, 1.82) is 0 Å². The molecule has 1 rings (SSSR count). The number of nitro groups is 1. The fraction of sp³-hybridized carbons (Fsp3) is 0.333. The fourth-order valence-electron chi connectivity index (χ4n) is 1.07. The molecule has 0 saturated carbocycles. The number of ether oxygens (including phenoxy) is 2. The van der Waals surface area contributed by atoms with Crippen molar-refractivity contribution in [3.05, 3.63) is 46.4 Å². The predicted octanol–water partition coefficient (Wildman–Crippen LogP) is 1.56. The van der Waals surface area contributed by atoms with Crippen molar-refractivity contribution in [2.75, 3.05) is 13.2 Å². The first-order valence-corrected chi connectivity index (χ1v) is 4.17. The van der Waals surface area contributed by atoms with Crippen LogP contribution >= 0.6 is 0 Å². The average Bonchev–Trinajstić information content (AvgIpc) is 2.70. The van der Waals surface area contributed by atoms with E-state index < -0.39 is 22.7 Å². The summed E-state index contributed by atoms with van der Waals surface area (Å²) in [6, 6.07) is 0. The van der Waals surface area contributed by atoms with Gasteiger partial charge in [-0.05, 0) is 6.58 Å². The Kier molecular flexibility index (Phi) is 3.70. The van der Waals surface area contributed by atoms with Crippen molar-refractivity contribution in [2.24, 2.45) is 0 Å². The van der Waals surface area contributed by atoms with Gasteiger partial charge in [-0.25, -0.2) is 0 Å². The smallest absolute Gasteiger partial charge is 0.298 e. The molecule has 1 saturated heterocycles. The van der Waals surface area contributed by atoms with Crippen LogP contribution in [0.1, 0.15) is 0 Å². The number of halogens is 1. The van der Waals surface area contributed by atoms with Gasteiger partial charge < -0.3 is 9.47 Å².